The van der Waals surface area contributed by atoms with E-state index < -0.39 is 23.2 Å². The van der Waals surface area contributed by atoms with Crippen molar-refractivity contribution in [3.63, 3.8) is 0 Å². The van der Waals surface area contributed by atoms with E-state index in [2.05, 4.69) is 11.5 Å². The Bertz CT molecular complexity index is 634. The van der Waals surface area contributed by atoms with Crippen LogP contribution in [0.5, 0.6) is 0 Å². The smallest absolute Gasteiger partial charge is 0.298 e. The van der Waals surface area contributed by atoms with Crippen molar-refractivity contribution in [1.29, 1.82) is 0 Å². The third-order valence-electron chi connectivity index (χ3n) is 1.97. The largest absolute Gasteiger partial charge is 0.333 e. The molecule has 1 aromatic rings. The summed E-state index contributed by atoms with van der Waals surface area (Å²) in [6, 6.07) is 3.60. The summed E-state index contributed by atoms with van der Waals surface area (Å²) < 4.78 is 35.0. The summed E-state index contributed by atoms with van der Waals surface area (Å²) in [6.07, 6.45) is 0.564. The lowest BCUT2D eigenvalue weighted by Crippen LogP contribution is -2.16. The van der Waals surface area contributed by atoms with Crippen molar-refractivity contribution in [1.82, 2.24) is 0 Å². The molecule has 0 atom stereocenters. The Balaban J connectivity index is 3.46. The Kier molecular flexibility index (Phi) is 4.09. The molecule has 6 heteroatoms. The maximum atomic E-state index is 13.1. The molecule has 18 heavy (non-hydrogen) atoms. The van der Waals surface area contributed by atoms with Crippen LogP contribution in [0.1, 0.15) is 15.9 Å². The van der Waals surface area contributed by atoms with Gasteiger partial charge in [-0.15, -0.1) is 9.43 Å². The second kappa shape index (κ2) is 5.04. The summed E-state index contributed by atoms with van der Waals surface area (Å²) in [4.78, 5) is 10.2. The molecule has 1 aromatic carbocycles. The van der Waals surface area contributed by atoms with E-state index >= 15 is 0 Å². The molecule has 0 amide bonds. The van der Waals surface area contributed by atoms with Gasteiger partial charge in [0.1, 0.15) is 19.3 Å². The van der Waals surface area contributed by atoms with Crippen LogP contribution in [0.2, 0.25) is 19.6 Å². The van der Waals surface area contributed by atoms with Crippen molar-refractivity contribution in [2.75, 3.05) is 0 Å². The highest BCUT2D eigenvalue weighted by atomic mass is 32.3. The van der Waals surface area contributed by atoms with Gasteiger partial charge in [-0.1, -0.05) is 31.6 Å². The molecule has 0 spiro atoms. The van der Waals surface area contributed by atoms with Crippen molar-refractivity contribution < 1.29 is 17.1 Å². The molecule has 0 aliphatic rings. The Morgan fingerprint density at radius 3 is 2.33 bits per heavy atom. The highest BCUT2D eigenvalue weighted by Crippen LogP contribution is 2.18. The summed E-state index contributed by atoms with van der Waals surface area (Å²) >= 11 is 0. The fraction of sp³-hybridized carbons (Fsp3) is 0.250. The van der Waals surface area contributed by atoms with E-state index in [1.165, 1.54) is 12.1 Å². The lowest BCUT2D eigenvalue weighted by molar-refractivity contribution is 0.112. The third-order valence-corrected chi connectivity index (χ3v) is 3.73. The summed E-state index contributed by atoms with van der Waals surface area (Å²) in [6.45, 7) is 5.94. The molecule has 0 bridgehead atoms. The van der Waals surface area contributed by atoms with Crippen LogP contribution in [-0.4, -0.2) is 22.8 Å². The minimum Gasteiger partial charge on any atom is -0.298 e. The summed E-state index contributed by atoms with van der Waals surface area (Å²) in [5, 5.41) is 0. The second-order valence-corrected chi connectivity index (χ2v) is 10.9. The van der Waals surface area contributed by atoms with E-state index in [1.807, 2.05) is 19.6 Å². The predicted octanol–water partition coefficient (Wildman–Crippen LogP) is 2.39. The summed E-state index contributed by atoms with van der Waals surface area (Å²) in [7, 11) is -6.55. The molecule has 0 radical (unpaired) electrons. The average molecular weight is 284 g/mol. The molecule has 0 aromatic heterocycles. The van der Waals surface area contributed by atoms with Crippen LogP contribution in [0.3, 0.4) is 0 Å². The molecular weight excluding hydrogens is 271 g/mol. The van der Waals surface area contributed by atoms with E-state index in [4.69, 9.17) is 0 Å². The maximum Gasteiger partial charge on any atom is 0.333 e. The van der Waals surface area contributed by atoms with Crippen LogP contribution < -0.4 is 0 Å². The van der Waals surface area contributed by atoms with Gasteiger partial charge >= 0.3 is 10.2 Å². The summed E-state index contributed by atoms with van der Waals surface area (Å²) in [5.41, 5.74) is 3.24. The zero-order chi connectivity index (χ0) is 14.0. The molecule has 96 valence electrons. The van der Waals surface area contributed by atoms with Gasteiger partial charge < -0.3 is 0 Å². The van der Waals surface area contributed by atoms with Crippen LogP contribution in [0.15, 0.2) is 23.1 Å². The van der Waals surface area contributed by atoms with Gasteiger partial charge in [-0.05, 0) is 12.1 Å². The van der Waals surface area contributed by atoms with E-state index in [1.54, 1.807) is 0 Å². The maximum absolute atomic E-state index is 13.1. The van der Waals surface area contributed by atoms with Crippen LogP contribution in [0.25, 0.3) is 0 Å². The van der Waals surface area contributed by atoms with Gasteiger partial charge in [0, 0.05) is 11.1 Å². The SMILES string of the molecule is C[Si](C)(C)C#Cc1cc(C=O)ccc1S(=O)(=O)F. The molecular formula is C12H13FO3SSi. The summed E-state index contributed by atoms with van der Waals surface area (Å²) in [5.74, 6) is 2.67. The molecule has 0 fully saturated rings. The second-order valence-electron chi connectivity index (χ2n) is 4.81. The Morgan fingerprint density at radius 1 is 1.28 bits per heavy atom. The van der Waals surface area contributed by atoms with Gasteiger partial charge in [0.05, 0.1) is 0 Å². The minimum atomic E-state index is -4.83. The fourth-order valence-electron chi connectivity index (χ4n) is 1.19. The van der Waals surface area contributed by atoms with Gasteiger partial charge in [-0.2, -0.15) is 8.42 Å². The highest BCUT2D eigenvalue weighted by Gasteiger charge is 2.17. The first-order chi connectivity index (χ1) is 8.13. The number of aldehydes is 1. The number of hydrogen-bond donors (Lipinski definition) is 0. The zero-order valence-corrected chi connectivity index (χ0v) is 12.1. The van der Waals surface area contributed by atoms with E-state index in [9.17, 15) is 17.1 Å². The molecule has 0 N–H and O–H groups in total. The molecule has 0 unspecified atom stereocenters. The third kappa shape index (κ3) is 4.09. The van der Waals surface area contributed by atoms with Crippen molar-refractivity contribution in [3.8, 4) is 11.5 Å². The normalized spacial score (nSPS) is 11.6. The predicted molar refractivity (Wildman–Crippen MR) is 70.3 cm³/mol. The van der Waals surface area contributed by atoms with Crippen LogP contribution in [0.4, 0.5) is 3.89 Å². The first-order valence-electron chi connectivity index (χ1n) is 5.20. The lowest BCUT2D eigenvalue weighted by Gasteiger charge is -2.05. The van der Waals surface area contributed by atoms with Crippen LogP contribution in [-0.2, 0) is 10.2 Å². The molecule has 1 rings (SSSR count). The van der Waals surface area contributed by atoms with Crippen molar-refractivity contribution in [2.24, 2.45) is 0 Å². The molecule has 0 saturated carbocycles. The minimum absolute atomic E-state index is 0.0320. The topological polar surface area (TPSA) is 51.2 Å². The molecule has 0 aliphatic carbocycles. The zero-order valence-electron chi connectivity index (χ0n) is 10.3. The van der Waals surface area contributed by atoms with Gasteiger partial charge in [0.15, 0.2) is 0 Å². The number of carbonyl (C=O) groups excluding carboxylic acids is 1. The first-order valence-corrected chi connectivity index (χ1v) is 10.1. The molecule has 0 aliphatic heterocycles. The number of rotatable bonds is 2. The number of hydrogen-bond acceptors (Lipinski definition) is 3. The van der Waals surface area contributed by atoms with Gasteiger partial charge in [-0.25, -0.2) is 0 Å². The van der Waals surface area contributed by atoms with Gasteiger partial charge in [0.25, 0.3) is 0 Å². The Hall–Kier alpha value is -1.45. The molecule has 3 nitrogen and oxygen atoms in total. The van der Waals surface area contributed by atoms with E-state index in [0.29, 0.717) is 6.29 Å². The first kappa shape index (κ1) is 14.6. The van der Waals surface area contributed by atoms with Crippen LogP contribution >= 0.6 is 0 Å². The highest BCUT2D eigenvalue weighted by molar-refractivity contribution is 7.86. The quantitative estimate of drug-likeness (QED) is 0.363. The standard InChI is InChI=1S/C12H13FO3SSi/c1-18(2,3)7-6-11-8-10(9-14)4-5-12(11)17(13,15)16/h4-5,8-9H,1-3H3. The number of benzene rings is 1. The fourth-order valence-corrected chi connectivity index (χ4v) is 2.30. The average Bonchev–Trinajstić information content (AvgIpc) is 2.23. The molecule has 0 heterocycles. The monoisotopic (exact) mass is 284 g/mol. The van der Waals surface area contributed by atoms with Crippen molar-refractivity contribution in [2.45, 2.75) is 24.5 Å². The Morgan fingerprint density at radius 2 is 1.89 bits per heavy atom. The van der Waals surface area contributed by atoms with Gasteiger partial charge in [0.2, 0.25) is 0 Å². The van der Waals surface area contributed by atoms with Crippen LogP contribution in [0, 0.1) is 11.5 Å². The molecule has 0 saturated heterocycles. The van der Waals surface area contributed by atoms with Crippen molar-refractivity contribution in [3.05, 3.63) is 29.3 Å². The van der Waals surface area contributed by atoms with E-state index in [-0.39, 0.29) is 11.1 Å². The number of halogens is 1. The number of carbonyl (C=O) groups is 1. The van der Waals surface area contributed by atoms with Gasteiger partial charge in [-0.3, -0.25) is 4.79 Å². The van der Waals surface area contributed by atoms with Crippen molar-refractivity contribution >= 4 is 24.6 Å². The lowest BCUT2D eigenvalue weighted by atomic mass is 10.1. The Labute approximate surface area is 107 Å². The van der Waals surface area contributed by atoms with E-state index in [0.717, 1.165) is 6.07 Å².